The number of rotatable bonds is 3. The van der Waals surface area contributed by atoms with Gasteiger partial charge < -0.3 is 14.8 Å². The Hall–Kier alpha value is -1.75. The van der Waals surface area contributed by atoms with E-state index in [1.807, 2.05) is 30.5 Å². The van der Waals surface area contributed by atoms with Gasteiger partial charge in [0.1, 0.15) is 0 Å². The van der Waals surface area contributed by atoms with Crippen molar-refractivity contribution >= 4 is 16.5 Å². The van der Waals surface area contributed by atoms with Gasteiger partial charge >= 0.3 is 0 Å². The average molecular weight is 248 g/mol. The van der Waals surface area contributed by atoms with Crippen LogP contribution in [0.1, 0.15) is 11.3 Å². The van der Waals surface area contributed by atoms with Crippen LogP contribution in [0.3, 0.4) is 0 Å². The molecule has 2 heterocycles. The number of fused-ring (bicyclic) bond motifs is 1. The van der Waals surface area contributed by atoms with Crippen LogP contribution < -0.4 is 14.8 Å². The molecule has 1 aromatic carbocycles. The van der Waals surface area contributed by atoms with Gasteiger partial charge in [0.15, 0.2) is 16.6 Å². The Morgan fingerprint density at radius 3 is 3.06 bits per heavy atom. The lowest BCUT2D eigenvalue weighted by atomic mass is 10.2. The Morgan fingerprint density at radius 2 is 2.24 bits per heavy atom. The van der Waals surface area contributed by atoms with Crippen molar-refractivity contribution in [2.75, 3.05) is 12.1 Å². The van der Waals surface area contributed by atoms with Gasteiger partial charge in [-0.2, -0.15) is 0 Å². The van der Waals surface area contributed by atoms with E-state index in [2.05, 4.69) is 10.3 Å². The third-order valence-electron chi connectivity index (χ3n) is 2.50. The van der Waals surface area contributed by atoms with E-state index >= 15 is 0 Å². The van der Waals surface area contributed by atoms with Gasteiger partial charge in [0.25, 0.3) is 0 Å². The van der Waals surface area contributed by atoms with Gasteiger partial charge in [-0.3, -0.25) is 0 Å². The van der Waals surface area contributed by atoms with E-state index in [9.17, 15) is 0 Å². The molecule has 0 bridgehead atoms. The van der Waals surface area contributed by atoms with Crippen molar-refractivity contribution in [2.45, 2.75) is 13.5 Å². The highest BCUT2D eigenvalue weighted by Gasteiger charge is 2.12. The molecule has 5 heteroatoms. The molecule has 1 aromatic heterocycles. The van der Waals surface area contributed by atoms with Crippen LogP contribution in [-0.2, 0) is 6.54 Å². The van der Waals surface area contributed by atoms with Gasteiger partial charge in [0.05, 0.1) is 5.69 Å². The molecule has 3 rings (SSSR count). The number of aryl methyl sites for hydroxylation is 1. The van der Waals surface area contributed by atoms with E-state index in [0.29, 0.717) is 6.79 Å². The van der Waals surface area contributed by atoms with E-state index < -0.39 is 0 Å². The number of thiazole rings is 1. The van der Waals surface area contributed by atoms with E-state index in [4.69, 9.17) is 9.47 Å². The molecule has 2 aromatic rings. The molecule has 0 atom stereocenters. The first-order valence-corrected chi connectivity index (χ1v) is 6.24. The minimum absolute atomic E-state index is 0.317. The van der Waals surface area contributed by atoms with Crippen LogP contribution in [0.25, 0.3) is 0 Å². The molecular weight excluding hydrogens is 236 g/mol. The van der Waals surface area contributed by atoms with E-state index in [1.165, 1.54) is 0 Å². The SMILES string of the molecule is Cc1csc(NCc2ccc3c(c2)OCO3)n1. The van der Waals surface area contributed by atoms with Gasteiger partial charge in [-0.1, -0.05) is 6.07 Å². The van der Waals surface area contributed by atoms with Crippen LogP contribution in [0.4, 0.5) is 5.13 Å². The topological polar surface area (TPSA) is 43.4 Å². The summed E-state index contributed by atoms with van der Waals surface area (Å²) in [6, 6.07) is 5.96. The van der Waals surface area contributed by atoms with Crippen LogP contribution in [0.15, 0.2) is 23.6 Å². The zero-order valence-corrected chi connectivity index (χ0v) is 10.2. The summed E-state index contributed by atoms with van der Waals surface area (Å²) in [4.78, 5) is 4.35. The maximum Gasteiger partial charge on any atom is 0.231 e. The van der Waals surface area contributed by atoms with Crippen molar-refractivity contribution in [1.29, 1.82) is 0 Å². The van der Waals surface area contributed by atoms with Crippen molar-refractivity contribution in [3.8, 4) is 11.5 Å². The number of nitrogens with one attached hydrogen (secondary N) is 1. The monoisotopic (exact) mass is 248 g/mol. The van der Waals surface area contributed by atoms with Crippen molar-refractivity contribution < 1.29 is 9.47 Å². The first-order chi connectivity index (χ1) is 8.31. The minimum atomic E-state index is 0.317. The molecule has 0 saturated carbocycles. The number of hydrogen-bond acceptors (Lipinski definition) is 5. The second kappa shape index (κ2) is 4.25. The maximum absolute atomic E-state index is 5.33. The first-order valence-electron chi connectivity index (χ1n) is 5.36. The van der Waals surface area contributed by atoms with Crippen molar-refractivity contribution in [2.24, 2.45) is 0 Å². The molecular formula is C12H12N2O2S. The fourth-order valence-corrected chi connectivity index (χ4v) is 2.35. The van der Waals surface area contributed by atoms with Crippen LogP contribution in [-0.4, -0.2) is 11.8 Å². The summed E-state index contributed by atoms with van der Waals surface area (Å²) in [5.41, 5.74) is 2.20. The summed E-state index contributed by atoms with van der Waals surface area (Å²) in [5.74, 6) is 1.64. The number of anilines is 1. The number of hydrogen-bond donors (Lipinski definition) is 1. The number of benzene rings is 1. The summed E-state index contributed by atoms with van der Waals surface area (Å²) in [5, 5.41) is 6.26. The summed E-state index contributed by atoms with van der Waals surface area (Å²) in [7, 11) is 0. The Bertz CT molecular complexity index is 539. The lowest BCUT2D eigenvalue weighted by molar-refractivity contribution is 0.174. The van der Waals surface area contributed by atoms with Crippen molar-refractivity contribution in [1.82, 2.24) is 4.98 Å². The molecule has 17 heavy (non-hydrogen) atoms. The van der Waals surface area contributed by atoms with Gasteiger partial charge in [0.2, 0.25) is 6.79 Å². The molecule has 1 aliphatic heterocycles. The Balaban J connectivity index is 1.69. The van der Waals surface area contributed by atoms with Crippen molar-refractivity contribution in [3.63, 3.8) is 0 Å². The lowest BCUT2D eigenvalue weighted by Crippen LogP contribution is -1.98. The summed E-state index contributed by atoms with van der Waals surface area (Å²) in [6.07, 6.45) is 0. The molecule has 0 spiro atoms. The Labute approximate surface area is 103 Å². The second-order valence-electron chi connectivity index (χ2n) is 3.84. The van der Waals surface area contributed by atoms with E-state index in [0.717, 1.165) is 34.4 Å². The predicted molar refractivity (Wildman–Crippen MR) is 66.7 cm³/mol. The molecule has 4 nitrogen and oxygen atoms in total. The van der Waals surface area contributed by atoms with Crippen molar-refractivity contribution in [3.05, 3.63) is 34.8 Å². The minimum Gasteiger partial charge on any atom is -0.454 e. The fourth-order valence-electron chi connectivity index (χ4n) is 1.66. The van der Waals surface area contributed by atoms with Crippen LogP contribution >= 0.6 is 11.3 Å². The molecule has 0 amide bonds. The molecule has 0 radical (unpaired) electrons. The number of nitrogens with zero attached hydrogens (tertiary/aromatic N) is 1. The molecule has 0 unspecified atom stereocenters. The van der Waals surface area contributed by atoms with Gasteiger partial charge in [-0.15, -0.1) is 11.3 Å². The summed E-state index contributed by atoms with van der Waals surface area (Å²) >= 11 is 1.62. The zero-order valence-electron chi connectivity index (χ0n) is 9.40. The molecule has 88 valence electrons. The smallest absolute Gasteiger partial charge is 0.231 e. The predicted octanol–water partition coefficient (Wildman–Crippen LogP) is 2.79. The first kappa shape index (κ1) is 10.4. The molecule has 0 saturated heterocycles. The second-order valence-corrected chi connectivity index (χ2v) is 4.69. The maximum atomic E-state index is 5.33. The highest BCUT2D eigenvalue weighted by atomic mass is 32.1. The van der Waals surface area contributed by atoms with Gasteiger partial charge in [-0.05, 0) is 24.6 Å². The Morgan fingerprint density at radius 1 is 1.35 bits per heavy atom. The number of aromatic nitrogens is 1. The Kier molecular flexibility index (Phi) is 2.60. The van der Waals surface area contributed by atoms with E-state index in [-0.39, 0.29) is 0 Å². The molecule has 0 fully saturated rings. The summed E-state index contributed by atoms with van der Waals surface area (Å²) in [6.45, 7) is 3.05. The zero-order chi connectivity index (χ0) is 11.7. The normalized spacial score (nSPS) is 12.8. The largest absolute Gasteiger partial charge is 0.454 e. The van der Waals surface area contributed by atoms with E-state index in [1.54, 1.807) is 11.3 Å². The fraction of sp³-hybridized carbons (Fsp3) is 0.250. The third kappa shape index (κ3) is 2.19. The van der Waals surface area contributed by atoms with Crippen LogP contribution in [0.2, 0.25) is 0 Å². The average Bonchev–Trinajstić information content (AvgIpc) is 2.94. The number of ether oxygens (including phenoxy) is 2. The lowest BCUT2D eigenvalue weighted by Gasteiger charge is -2.04. The van der Waals surface area contributed by atoms with Crippen LogP contribution in [0.5, 0.6) is 11.5 Å². The molecule has 1 aliphatic rings. The quantitative estimate of drug-likeness (QED) is 0.907. The highest BCUT2D eigenvalue weighted by Crippen LogP contribution is 2.32. The van der Waals surface area contributed by atoms with Gasteiger partial charge in [0, 0.05) is 11.9 Å². The standard InChI is InChI=1S/C12H12N2O2S/c1-8-6-17-12(14-8)13-5-9-2-3-10-11(4-9)16-7-15-10/h2-4,6H,5,7H2,1H3,(H,13,14). The third-order valence-corrected chi connectivity index (χ3v) is 3.42. The summed E-state index contributed by atoms with van der Waals surface area (Å²) < 4.78 is 10.6. The van der Waals surface area contributed by atoms with Gasteiger partial charge in [-0.25, -0.2) is 4.98 Å². The van der Waals surface area contributed by atoms with Crippen LogP contribution in [0, 0.1) is 6.92 Å². The molecule has 1 N–H and O–H groups in total. The highest BCUT2D eigenvalue weighted by molar-refractivity contribution is 7.13. The molecule has 0 aliphatic carbocycles.